The second-order valence-electron chi connectivity index (χ2n) is 8.31. The Bertz CT molecular complexity index is 860. The highest BCUT2D eigenvalue weighted by atomic mass is 32.2. The van der Waals surface area contributed by atoms with Crippen molar-refractivity contribution in [2.75, 3.05) is 31.1 Å². The zero-order chi connectivity index (χ0) is 23.2. The van der Waals surface area contributed by atoms with Gasteiger partial charge in [0.2, 0.25) is 0 Å². The minimum Gasteiger partial charge on any atom is -0.444 e. The molecule has 0 aromatic carbocycles. The molecule has 0 spiro atoms. The number of amides is 1. The van der Waals surface area contributed by atoms with Crippen LogP contribution in [-0.4, -0.2) is 56.1 Å². The number of halogens is 1. The van der Waals surface area contributed by atoms with E-state index in [0.29, 0.717) is 11.6 Å². The van der Waals surface area contributed by atoms with Crippen molar-refractivity contribution in [1.82, 2.24) is 18.2 Å². The molecule has 2 aromatic heterocycles. The number of fused-ring (bicyclic) bond motifs is 2. The SMILES string of the molecule is CC.CC(C)(C)OC(N)=O.FSn1ccc2c(N3CCC4CN(S)C[C@@H]4C3)ncnc21. The van der Waals surface area contributed by atoms with E-state index in [1.807, 2.05) is 19.9 Å². The highest BCUT2D eigenvalue weighted by Crippen LogP contribution is 2.35. The Kier molecular flexibility index (Phi) is 9.26. The number of nitrogens with zero attached hydrogens (tertiary/aromatic N) is 5. The first-order valence-corrected chi connectivity index (χ1v) is 11.5. The van der Waals surface area contributed by atoms with E-state index in [-0.39, 0.29) is 12.3 Å². The highest BCUT2D eigenvalue weighted by molar-refractivity contribution is 7.92. The van der Waals surface area contributed by atoms with E-state index >= 15 is 0 Å². The predicted molar refractivity (Wildman–Crippen MR) is 128 cm³/mol. The molecule has 0 radical (unpaired) electrons. The standard InChI is InChI=1S/C13H16FN5S2.C5H11NO2.C2H6/c14-21-19-4-2-11-12(15-8-16-13(11)19)17-3-1-9-6-18(20)7-10(9)5-17;1-5(2,3)8-4(6)7;1-2/h2,4,8-10,20H,1,3,5-7H2;1-3H3,(H2,6,7);1-2H3/t9?,10-;;/m0../s1. The number of rotatable bonds is 2. The van der Waals surface area contributed by atoms with Gasteiger partial charge in [0.1, 0.15) is 17.7 Å². The van der Waals surface area contributed by atoms with Gasteiger partial charge in [0.25, 0.3) is 0 Å². The third kappa shape index (κ3) is 6.88. The number of piperidine rings is 1. The van der Waals surface area contributed by atoms with Crippen molar-refractivity contribution < 1.29 is 13.4 Å². The summed E-state index contributed by atoms with van der Waals surface area (Å²) in [5.74, 6) is 2.30. The molecule has 4 rings (SSSR count). The van der Waals surface area contributed by atoms with Crippen molar-refractivity contribution in [3.8, 4) is 0 Å². The first-order chi connectivity index (χ1) is 14.7. The topological polar surface area (TPSA) is 89.5 Å². The second-order valence-corrected chi connectivity index (χ2v) is 9.40. The van der Waals surface area contributed by atoms with Gasteiger partial charge in [-0.05, 0) is 45.1 Å². The molecule has 2 fully saturated rings. The number of aromatic nitrogens is 3. The second kappa shape index (κ2) is 11.2. The van der Waals surface area contributed by atoms with Crippen LogP contribution >= 0.6 is 25.1 Å². The smallest absolute Gasteiger partial charge is 0.405 e. The molecule has 2 atom stereocenters. The summed E-state index contributed by atoms with van der Waals surface area (Å²) in [6.45, 7) is 13.4. The Morgan fingerprint density at radius 1 is 1.26 bits per heavy atom. The van der Waals surface area contributed by atoms with Crippen LogP contribution in [0.15, 0.2) is 18.6 Å². The molecule has 2 saturated heterocycles. The van der Waals surface area contributed by atoms with Crippen LogP contribution in [0, 0.1) is 11.8 Å². The molecule has 4 heterocycles. The molecule has 2 aliphatic rings. The lowest BCUT2D eigenvalue weighted by molar-refractivity contribution is 0.0600. The maximum Gasteiger partial charge on any atom is 0.405 e. The summed E-state index contributed by atoms with van der Waals surface area (Å²) >= 11 is 4.65. The minimum absolute atomic E-state index is 0.167. The molecule has 31 heavy (non-hydrogen) atoms. The number of hydrogen-bond donors (Lipinski definition) is 2. The van der Waals surface area contributed by atoms with E-state index in [0.717, 1.165) is 49.7 Å². The lowest BCUT2D eigenvalue weighted by Crippen LogP contribution is -2.40. The number of carbonyl (C=O) groups is 1. The fourth-order valence-corrected chi connectivity index (χ4v) is 4.60. The number of nitrogens with two attached hydrogens (primary N) is 1. The van der Waals surface area contributed by atoms with Crippen LogP contribution < -0.4 is 10.6 Å². The Balaban J connectivity index is 0.000000292. The number of hydrogen-bond acceptors (Lipinski definition) is 8. The molecule has 2 aliphatic heterocycles. The fourth-order valence-electron chi connectivity index (χ4n) is 3.86. The van der Waals surface area contributed by atoms with Crippen molar-refractivity contribution in [3.05, 3.63) is 18.6 Å². The Morgan fingerprint density at radius 3 is 2.52 bits per heavy atom. The van der Waals surface area contributed by atoms with Gasteiger partial charge in [0.05, 0.1) is 5.39 Å². The molecule has 2 aromatic rings. The lowest BCUT2D eigenvalue weighted by Gasteiger charge is -2.35. The summed E-state index contributed by atoms with van der Waals surface area (Å²) in [5.41, 5.74) is 4.90. The summed E-state index contributed by atoms with van der Waals surface area (Å²) in [6, 6.07) is 1.89. The molecule has 0 aliphatic carbocycles. The van der Waals surface area contributed by atoms with Crippen LogP contribution in [0.2, 0.25) is 0 Å². The number of carbonyl (C=O) groups excluding carboxylic acids is 1. The molecular weight excluding hydrogens is 439 g/mol. The van der Waals surface area contributed by atoms with E-state index in [1.165, 1.54) is 10.3 Å². The lowest BCUT2D eigenvalue weighted by atomic mass is 9.88. The van der Waals surface area contributed by atoms with Crippen molar-refractivity contribution in [2.24, 2.45) is 17.6 Å². The van der Waals surface area contributed by atoms with Gasteiger partial charge in [-0.2, -0.15) is 0 Å². The van der Waals surface area contributed by atoms with E-state index in [9.17, 15) is 8.68 Å². The van der Waals surface area contributed by atoms with E-state index in [2.05, 4.69) is 36.7 Å². The summed E-state index contributed by atoms with van der Waals surface area (Å²) in [7, 11) is 0. The molecule has 1 unspecified atom stereocenters. The van der Waals surface area contributed by atoms with E-state index in [4.69, 9.17) is 5.73 Å². The van der Waals surface area contributed by atoms with Gasteiger partial charge in [0, 0.05) is 32.4 Å². The summed E-state index contributed by atoms with van der Waals surface area (Å²) < 4.78 is 21.0. The Hall–Kier alpha value is -1.72. The molecule has 11 heteroatoms. The zero-order valence-electron chi connectivity index (χ0n) is 18.8. The van der Waals surface area contributed by atoms with Gasteiger partial charge < -0.3 is 15.4 Å². The van der Waals surface area contributed by atoms with Crippen LogP contribution in [0.3, 0.4) is 0 Å². The highest BCUT2D eigenvalue weighted by Gasteiger charge is 2.36. The van der Waals surface area contributed by atoms with Crippen LogP contribution in [0.1, 0.15) is 41.0 Å². The Morgan fingerprint density at radius 2 is 1.94 bits per heavy atom. The van der Waals surface area contributed by atoms with Gasteiger partial charge in [-0.15, -0.1) is 3.89 Å². The molecule has 0 saturated carbocycles. The average molecular weight is 473 g/mol. The molecule has 2 N–H and O–H groups in total. The van der Waals surface area contributed by atoms with Crippen molar-refractivity contribution in [1.29, 1.82) is 0 Å². The van der Waals surface area contributed by atoms with Gasteiger partial charge in [-0.1, -0.05) is 26.7 Å². The molecule has 174 valence electrons. The maximum absolute atomic E-state index is 12.9. The summed E-state index contributed by atoms with van der Waals surface area (Å²) in [6.07, 6.45) is 3.66. The van der Waals surface area contributed by atoms with Crippen LogP contribution in [-0.2, 0) is 4.74 Å². The first kappa shape index (κ1) is 25.5. The minimum atomic E-state index is -0.725. The van der Waals surface area contributed by atoms with Crippen molar-refractivity contribution in [3.63, 3.8) is 0 Å². The normalized spacial score (nSPS) is 20.9. The number of primary amides is 1. The van der Waals surface area contributed by atoms with E-state index < -0.39 is 11.7 Å². The monoisotopic (exact) mass is 472 g/mol. The van der Waals surface area contributed by atoms with E-state index in [1.54, 1.807) is 27.0 Å². The molecular formula is C20H33FN6O2S2. The van der Waals surface area contributed by atoms with Gasteiger partial charge in [-0.3, -0.25) is 4.31 Å². The summed E-state index contributed by atoms with van der Waals surface area (Å²) in [5, 5.41) is 0.918. The van der Waals surface area contributed by atoms with Crippen LogP contribution in [0.5, 0.6) is 0 Å². The molecule has 1 amide bonds. The van der Waals surface area contributed by atoms with Gasteiger partial charge >= 0.3 is 6.09 Å². The van der Waals surface area contributed by atoms with Crippen molar-refractivity contribution in [2.45, 2.75) is 46.6 Å². The predicted octanol–water partition coefficient (Wildman–Crippen LogP) is 4.32. The Labute approximate surface area is 193 Å². The number of anilines is 1. The van der Waals surface area contributed by atoms with Crippen LogP contribution in [0.4, 0.5) is 14.5 Å². The van der Waals surface area contributed by atoms with Crippen LogP contribution in [0.25, 0.3) is 11.0 Å². The quantitative estimate of drug-likeness (QED) is 0.629. The maximum atomic E-state index is 12.9. The third-order valence-electron chi connectivity index (χ3n) is 4.99. The van der Waals surface area contributed by atoms with Gasteiger partial charge in [-0.25, -0.2) is 18.7 Å². The molecule has 8 nitrogen and oxygen atoms in total. The summed E-state index contributed by atoms with van der Waals surface area (Å²) in [4.78, 5) is 21.0. The first-order valence-electron chi connectivity index (χ1n) is 10.5. The van der Waals surface area contributed by atoms with Gasteiger partial charge in [0.15, 0.2) is 18.0 Å². The van der Waals surface area contributed by atoms with Crippen molar-refractivity contribution >= 4 is 48.1 Å². The zero-order valence-corrected chi connectivity index (χ0v) is 20.5. The largest absolute Gasteiger partial charge is 0.444 e. The third-order valence-corrected chi connectivity index (χ3v) is 5.76. The fraction of sp³-hybridized carbons (Fsp3) is 0.650. The average Bonchev–Trinajstić information content (AvgIpc) is 3.29. The number of ether oxygens (including phenoxy) is 1. The number of thiol groups is 1. The molecule has 0 bridgehead atoms.